The Kier molecular flexibility index (Phi) is 4.92. The molecule has 1 aromatic carbocycles. The van der Waals surface area contributed by atoms with Gasteiger partial charge < -0.3 is 14.6 Å². The molecule has 0 atom stereocenters. The van der Waals surface area contributed by atoms with Gasteiger partial charge in [-0.05, 0) is 30.7 Å². The van der Waals surface area contributed by atoms with Gasteiger partial charge >= 0.3 is 0 Å². The molecule has 2 rings (SSSR count). The van der Waals surface area contributed by atoms with Crippen LogP contribution in [0.5, 0.6) is 5.75 Å². The Morgan fingerprint density at radius 2 is 2.26 bits per heavy atom. The van der Waals surface area contributed by atoms with Crippen LogP contribution in [0.1, 0.15) is 30.6 Å². The number of rotatable bonds is 7. The fraction of sp³-hybridized carbons (Fsp3) is 0.429. The van der Waals surface area contributed by atoms with Crippen molar-refractivity contribution >= 4 is 0 Å². The van der Waals surface area contributed by atoms with Crippen LogP contribution < -0.4 is 10.1 Å². The summed E-state index contributed by atoms with van der Waals surface area (Å²) in [5.41, 5.74) is 1.20. The molecule has 0 fully saturated rings. The second kappa shape index (κ2) is 6.89. The van der Waals surface area contributed by atoms with E-state index in [1.54, 1.807) is 6.92 Å². The number of hydrogen-bond donors (Lipinski definition) is 1. The molecule has 0 unspecified atom stereocenters. The zero-order valence-electron chi connectivity index (χ0n) is 11.3. The summed E-state index contributed by atoms with van der Waals surface area (Å²) >= 11 is 0. The molecule has 0 bridgehead atoms. The Hall–Kier alpha value is -1.88. The summed E-state index contributed by atoms with van der Waals surface area (Å²) in [7, 11) is 0. The highest BCUT2D eigenvalue weighted by Crippen LogP contribution is 2.14. The molecule has 0 spiro atoms. The molecule has 5 nitrogen and oxygen atoms in total. The van der Waals surface area contributed by atoms with Crippen LogP contribution in [0.15, 0.2) is 28.8 Å². The molecule has 0 aliphatic rings. The Balaban J connectivity index is 1.87. The molecule has 1 aromatic heterocycles. The van der Waals surface area contributed by atoms with Crippen molar-refractivity contribution in [3.63, 3.8) is 0 Å². The quantitative estimate of drug-likeness (QED) is 0.776. The third-order valence-corrected chi connectivity index (χ3v) is 2.59. The molecular formula is C14H19N3O2. The number of aryl methyl sites for hydroxylation is 1. The third kappa shape index (κ3) is 4.37. The molecule has 5 heteroatoms. The predicted octanol–water partition coefficient (Wildman–Crippen LogP) is 2.46. The fourth-order valence-corrected chi connectivity index (χ4v) is 1.70. The van der Waals surface area contributed by atoms with Gasteiger partial charge in [-0.25, -0.2) is 0 Å². The third-order valence-electron chi connectivity index (χ3n) is 2.59. The number of aromatic nitrogens is 2. The lowest BCUT2D eigenvalue weighted by molar-refractivity contribution is 0.285. The minimum Gasteiger partial charge on any atom is -0.485 e. The molecule has 0 saturated heterocycles. The van der Waals surface area contributed by atoms with E-state index in [1.165, 1.54) is 5.56 Å². The average Bonchev–Trinajstić information content (AvgIpc) is 2.83. The number of ether oxygens (including phenoxy) is 1. The first-order chi connectivity index (χ1) is 9.28. The first kappa shape index (κ1) is 13.5. The molecule has 19 heavy (non-hydrogen) atoms. The second-order valence-electron chi connectivity index (χ2n) is 4.34. The Morgan fingerprint density at radius 3 is 3.00 bits per heavy atom. The van der Waals surface area contributed by atoms with Crippen molar-refractivity contribution in [2.24, 2.45) is 0 Å². The zero-order chi connectivity index (χ0) is 13.5. The van der Waals surface area contributed by atoms with Gasteiger partial charge in [0, 0.05) is 13.5 Å². The highest BCUT2D eigenvalue weighted by Gasteiger charge is 2.03. The van der Waals surface area contributed by atoms with Crippen LogP contribution >= 0.6 is 0 Å². The standard InChI is InChI=1S/C14H19N3O2/c1-3-7-15-9-12-5-4-6-13(8-12)18-10-14-16-11(2)19-17-14/h4-6,8,15H,3,7,9-10H2,1-2H3. The van der Waals surface area contributed by atoms with Gasteiger partial charge in [0.05, 0.1) is 0 Å². The molecule has 2 aromatic rings. The summed E-state index contributed by atoms with van der Waals surface area (Å²) in [5.74, 6) is 1.93. The lowest BCUT2D eigenvalue weighted by Crippen LogP contribution is -2.13. The van der Waals surface area contributed by atoms with Crippen LogP contribution in [0.2, 0.25) is 0 Å². The van der Waals surface area contributed by atoms with Gasteiger partial charge in [0.2, 0.25) is 11.7 Å². The van der Waals surface area contributed by atoms with Crippen LogP contribution in [0, 0.1) is 6.92 Å². The van der Waals surface area contributed by atoms with E-state index in [-0.39, 0.29) is 0 Å². The SMILES string of the molecule is CCCNCc1cccc(OCc2noc(C)n2)c1. The van der Waals surface area contributed by atoms with Gasteiger partial charge in [-0.15, -0.1) is 0 Å². The van der Waals surface area contributed by atoms with Gasteiger partial charge in [-0.1, -0.05) is 24.2 Å². The minimum atomic E-state index is 0.323. The lowest BCUT2D eigenvalue weighted by atomic mass is 10.2. The van der Waals surface area contributed by atoms with E-state index in [2.05, 4.69) is 28.4 Å². The van der Waals surface area contributed by atoms with E-state index in [0.29, 0.717) is 18.3 Å². The molecule has 0 aliphatic carbocycles. The van der Waals surface area contributed by atoms with Gasteiger partial charge in [0.15, 0.2) is 6.61 Å². The Morgan fingerprint density at radius 1 is 1.37 bits per heavy atom. The molecule has 0 radical (unpaired) electrons. The first-order valence-corrected chi connectivity index (χ1v) is 6.49. The first-order valence-electron chi connectivity index (χ1n) is 6.49. The second-order valence-corrected chi connectivity index (χ2v) is 4.34. The summed E-state index contributed by atoms with van der Waals surface area (Å²) in [6, 6.07) is 8.01. The maximum atomic E-state index is 5.64. The summed E-state index contributed by atoms with van der Waals surface area (Å²) < 4.78 is 10.5. The number of hydrogen-bond acceptors (Lipinski definition) is 5. The van der Waals surface area contributed by atoms with Crippen molar-refractivity contribution < 1.29 is 9.26 Å². The van der Waals surface area contributed by atoms with Crippen LogP contribution in [0.3, 0.4) is 0 Å². The van der Waals surface area contributed by atoms with Crippen molar-refractivity contribution in [1.29, 1.82) is 0 Å². The molecule has 1 N–H and O–H groups in total. The highest BCUT2D eigenvalue weighted by molar-refractivity contribution is 5.28. The van der Waals surface area contributed by atoms with Gasteiger partial charge in [-0.3, -0.25) is 0 Å². The van der Waals surface area contributed by atoms with Crippen LogP contribution in [0.25, 0.3) is 0 Å². The van der Waals surface area contributed by atoms with Gasteiger partial charge in [0.1, 0.15) is 5.75 Å². The maximum Gasteiger partial charge on any atom is 0.223 e. The zero-order valence-corrected chi connectivity index (χ0v) is 11.3. The number of nitrogens with one attached hydrogen (secondary N) is 1. The van der Waals surface area contributed by atoms with Crippen LogP contribution in [-0.2, 0) is 13.2 Å². The number of nitrogens with zero attached hydrogens (tertiary/aromatic N) is 2. The van der Waals surface area contributed by atoms with E-state index >= 15 is 0 Å². The van der Waals surface area contributed by atoms with E-state index < -0.39 is 0 Å². The Bertz CT molecular complexity index is 511. The molecular weight excluding hydrogens is 242 g/mol. The summed E-state index contributed by atoms with van der Waals surface area (Å²) in [6.45, 7) is 6.11. The molecule has 0 saturated carbocycles. The largest absolute Gasteiger partial charge is 0.485 e. The lowest BCUT2D eigenvalue weighted by Gasteiger charge is -2.07. The van der Waals surface area contributed by atoms with Gasteiger partial charge in [-0.2, -0.15) is 4.98 Å². The molecule has 0 amide bonds. The summed E-state index contributed by atoms with van der Waals surface area (Å²) in [4.78, 5) is 4.09. The minimum absolute atomic E-state index is 0.323. The fourth-order valence-electron chi connectivity index (χ4n) is 1.70. The highest BCUT2D eigenvalue weighted by atomic mass is 16.5. The topological polar surface area (TPSA) is 60.2 Å². The van der Waals surface area contributed by atoms with Crippen LogP contribution in [0.4, 0.5) is 0 Å². The van der Waals surface area contributed by atoms with Crippen molar-refractivity contribution in [2.75, 3.05) is 6.54 Å². The average molecular weight is 261 g/mol. The number of benzene rings is 1. The van der Waals surface area contributed by atoms with E-state index in [0.717, 1.165) is 25.3 Å². The monoisotopic (exact) mass is 261 g/mol. The van der Waals surface area contributed by atoms with Crippen molar-refractivity contribution in [1.82, 2.24) is 15.5 Å². The van der Waals surface area contributed by atoms with E-state index in [4.69, 9.17) is 9.26 Å². The molecule has 0 aliphatic heterocycles. The maximum absolute atomic E-state index is 5.64. The van der Waals surface area contributed by atoms with Gasteiger partial charge in [0.25, 0.3) is 0 Å². The molecule has 102 valence electrons. The predicted molar refractivity (Wildman–Crippen MR) is 71.8 cm³/mol. The van der Waals surface area contributed by atoms with Crippen LogP contribution in [-0.4, -0.2) is 16.7 Å². The normalized spacial score (nSPS) is 10.6. The summed E-state index contributed by atoms with van der Waals surface area (Å²) in [6.07, 6.45) is 1.13. The van der Waals surface area contributed by atoms with Crippen molar-refractivity contribution in [2.45, 2.75) is 33.4 Å². The Labute approximate surface area is 113 Å². The molecule has 1 heterocycles. The summed E-state index contributed by atoms with van der Waals surface area (Å²) in [5, 5.41) is 7.15. The van der Waals surface area contributed by atoms with E-state index in [1.807, 2.05) is 18.2 Å². The van der Waals surface area contributed by atoms with Crippen molar-refractivity contribution in [3.05, 3.63) is 41.5 Å². The van der Waals surface area contributed by atoms with E-state index in [9.17, 15) is 0 Å². The van der Waals surface area contributed by atoms with Crippen molar-refractivity contribution in [3.8, 4) is 5.75 Å². The smallest absolute Gasteiger partial charge is 0.223 e.